The maximum atomic E-state index is 13.2. The van der Waals surface area contributed by atoms with Crippen molar-refractivity contribution in [2.24, 2.45) is 0 Å². The number of H-pyrrole nitrogens is 1. The van der Waals surface area contributed by atoms with E-state index in [9.17, 15) is 19.2 Å². The highest BCUT2D eigenvalue weighted by atomic mass is 16.8. The summed E-state index contributed by atoms with van der Waals surface area (Å²) < 4.78 is 30.1. The van der Waals surface area contributed by atoms with E-state index < -0.39 is 65.3 Å². The van der Waals surface area contributed by atoms with Gasteiger partial charge in [-0.25, -0.2) is 14.4 Å². The van der Waals surface area contributed by atoms with Crippen LogP contribution in [0.3, 0.4) is 0 Å². The molecule has 0 spiro atoms. The molecule has 5 atom stereocenters. The van der Waals surface area contributed by atoms with Gasteiger partial charge in [-0.05, 0) is 40.2 Å². The number of fused-ring (bicyclic) bond motifs is 1. The number of benzene rings is 1. The summed E-state index contributed by atoms with van der Waals surface area (Å²) in [4.78, 5) is 51.7. The fourth-order valence-corrected chi connectivity index (χ4v) is 4.40. The highest BCUT2D eigenvalue weighted by molar-refractivity contribution is 5.81. The molecule has 5 unspecified atom stereocenters. The first-order chi connectivity index (χ1) is 17.8. The summed E-state index contributed by atoms with van der Waals surface area (Å²) in [6.07, 6.45) is -2.32. The predicted octanol–water partition coefficient (Wildman–Crippen LogP) is 1.63. The molecule has 2 saturated heterocycles. The van der Waals surface area contributed by atoms with E-state index in [1.54, 1.807) is 34.6 Å². The Morgan fingerprint density at radius 2 is 1.79 bits per heavy atom. The fraction of sp³-hybridized carbons (Fsp3) is 0.538. The second-order valence-corrected chi connectivity index (χ2v) is 10.7. The maximum Gasteiger partial charge on any atom is 0.408 e. The Bertz CT molecular complexity index is 1260. The molecule has 3 heterocycles. The standard InChI is InChI=1S/C26H33N3O9/c1-25(2,3)38-24(33)27-16(13-15-9-7-6-8-10-15)22(31)34-14-17-19-20(37-26(4,5)36-19)21(35-17)29-12-11-18(30)28-23(29)32/h6-12,16-17,19-21H,13-14H2,1-5H3,(H,27,33)(H,28,30,32). The van der Waals surface area contributed by atoms with Gasteiger partial charge in [-0.15, -0.1) is 0 Å². The van der Waals surface area contributed by atoms with Gasteiger partial charge in [0.05, 0.1) is 0 Å². The van der Waals surface area contributed by atoms with Crippen LogP contribution in [0.25, 0.3) is 0 Å². The Labute approximate surface area is 219 Å². The van der Waals surface area contributed by atoms with Gasteiger partial charge in [0.15, 0.2) is 12.0 Å². The number of rotatable bonds is 7. The second kappa shape index (κ2) is 10.7. The molecule has 1 aromatic heterocycles. The summed E-state index contributed by atoms with van der Waals surface area (Å²) in [6, 6.07) is 9.34. The topological polar surface area (TPSA) is 147 Å². The number of nitrogens with one attached hydrogen (secondary N) is 2. The average Bonchev–Trinajstić information content (AvgIpc) is 3.29. The average molecular weight is 532 g/mol. The number of aromatic nitrogens is 2. The van der Waals surface area contributed by atoms with Crippen LogP contribution in [-0.4, -0.2) is 64.0 Å². The molecule has 2 aliphatic rings. The minimum absolute atomic E-state index is 0.179. The Balaban J connectivity index is 1.48. The lowest BCUT2D eigenvalue weighted by Crippen LogP contribution is -2.46. The molecule has 2 N–H and O–H groups in total. The van der Waals surface area contributed by atoms with Crippen molar-refractivity contribution in [1.82, 2.24) is 14.9 Å². The van der Waals surface area contributed by atoms with Gasteiger partial charge in [-0.2, -0.15) is 0 Å². The second-order valence-electron chi connectivity index (χ2n) is 10.7. The fourth-order valence-electron chi connectivity index (χ4n) is 4.40. The number of amides is 1. The third-order valence-corrected chi connectivity index (χ3v) is 5.90. The lowest BCUT2D eigenvalue weighted by molar-refractivity contribution is -0.203. The van der Waals surface area contributed by atoms with E-state index in [2.05, 4.69) is 10.3 Å². The number of carbonyl (C=O) groups excluding carboxylic acids is 2. The Kier molecular flexibility index (Phi) is 7.77. The molecule has 2 aliphatic heterocycles. The number of hydrogen-bond acceptors (Lipinski definition) is 9. The molecule has 1 amide bonds. The number of esters is 1. The van der Waals surface area contributed by atoms with Gasteiger partial charge in [-0.3, -0.25) is 14.3 Å². The molecule has 0 aliphatic carbocycles. The van der Waals surface area contributed by atoms with Gasteiger partial charge in [0.25, 0.3) is 5.56 Å². The van der Waals surface area contributed by atoms with E-state index in [4.69, 9.17) is 23.7 Å². The molecule has 1 aromatic carbocycles. The van der Waals surface area contributed by atoms with Crippen molar-refractivity contribution in [3.05, 3.63) is 69.0 Å². The first-order valence-electron chi connectivity index (χ1n) is 12.3. The quantitative estimate of drug-likeness (QED) is 0.509. The summed E-state index contributed by atoms with van der Waals surface area (Å²) in [5.74, 6) is -1.66. The summed E-state index contributed by atoms with van der Waals surface area (Å²) in [6.45, 7) is 8.39. The molecule has 38 heavy (non-hydrogen) atoms. The SMILES string of the molecule is CC(C)(C)OC(=O)NC(Cc1ccccc1)C(=O)OCC1OC(n2ccc(=O)[nH]c2=O)C2OC(C)(C)OC12. The molecular weight excluding hydrogens is 498 g/mol. The van der Waals surface area contributed by atoms with E-state index in [0.717, 1.165) is 5.56 Å². The zero-order valence-corrected chi connectivity index (χ0v) is 22.0. The van der Waals surface area contributed by atoms with Crippen molar-refractivity contribution >= 4 is 12.1 Å². The Morgan fingerprint density at radius 3 is 2.45 bits per heavy atom. The number of alkyl carbamates (subject to hydrolysis) is 1. The predicted molar refractivity (Wildman–Crippen MR) is 133 cm³/mol. The van der Waals surface area contributed by atoms with Crippen molar-refractivity contribution in [3.8, 4) is 0 Å². The van der Waals surface area contributed by atoms with Crippen molar-refractivity contribution in [1.29, 1.82) is 0 Å². The van der Waals surface area contributed by atoms with Crippen LogP contribution in [0.5, 0.6) is 0 Å². The minimum atomic E-state index is -1.03. The van der Waals surface area contributed by atoms with Crippen LogP contribution in [0.2, 0.25) is 0 Å². The molecule has 0 bridgehead atoms. The van der Waals surface area contributed by atoms with Crippen molar-refractivity contribution in [3.63, 3.8) is 0 Å². The number of hydrogen-bond donors (Lipinski definition) is 2. The van der Waals surface area contributed by atoms with Crippen LogP contribution >= 0.6 is 0 Å². The first-order valence-corrected chi connectivity index (χ1v) is 12.3. The monoisotopic (exact) mass is 531 g/mol. The van der Waals surface area contributed by atoms with Crippen LogP contribution < -0.4 is 16.6 Å². The molecule has 4 rings (SSSR count). The Hall–Kier alpha value is -3.48. The van der Waals surface area contributed by atoms with E-state index in [1.165, 1.54) is 16.8 Å². The van der Waals surface area contributed by atoms with Gasteiger partial charge in [0.1, 0.15) is 36.6 Å². The lowest BCUT2D eigenvalue weighted by Gasteiger charge is -2.25. The molecular formula is C26H33N3O9. The van der Waals surface area contributed by atoms with Crippen molar-refractivity contribution < 1.29 is 33.3 Å². The van der Waals surface area contributed by atoms with Crippen LogP contribution in [0.4, 0.5) is 4.79 Å². The summed E-state index contributed by atoms with van der Waals surface area (Å²) in [5, 5.41) is 2.59. The van der Waals surface area contributed by atoms with Crippen LogP contribution in [-0.2, 0) is 34.9 Å². The third kappa shape index (κ3) is 6.69. The summed E-state index contributed by atoms with van der Waals surface area (Å²) in [5.41, 5.74) is -1.15. The van der Waals surface area contributed by atoms with Gasteiger partial charge in [0.2, 0.25) is 0 Å². The van der Waals surface area contributed by atoms with Crippen molar-refractivity contribution in [2.75, 3.05) is 6.61 Å². The number of nitrogens with zero attached hydrogens (tertiary/aromatic N) is 1. The Morgan fingerprint density at radius 1 is 1.11 bits per heavy atom. The molecule has 12 nitrogen and oxygen atoms in total. The smallest absolute Gasteiger partial charge is 0.408 e. The van der Waals surface area contributed by atoms with Crippen LogP contribution in [0.1, 0.15) is 46.4 Å². The molecule has 2 aromatic rings. The van der Waals surface area contributed by atoms with Gasteiger partial charge in [0, 0.05) is 18.7 Å². The van der Waals surface area contributed by atoms with Crippen LogP contribution in [0, 0.1) is 0 Å². The molecule has 2 fully saturated rings. The highest BCUT2D eigenvalue weighted by Crippen LogP contribution is 2.42. The lowest BCUT2D eigenvalue weighted by atomic mass is 10.1. The zero-order chi connectivity index (χ0) is 27.7. The maximum absolute atomic E-state index is 13.2. The largest absolute Gasteiger partial charge is 0.461 e. The molecule has 206 valence electrons. The molecule has 0 saturated carbocycles. The molecule has 12 heteroatoms. The minimum Gasteiger partial charge on any atom is -0.461 e. The van der Waals surface area contributed by atoms with E-state index in [1.807, 2.05) is 30.3 Å². The van der Waals surface area contributed by atoms with Crippen molar-refractivity contribution in [2.45, 2.75) is 83.0 Å². The number of ether oxygens (including phenoxy) is 5. The number of carbonyl (C=O) groups is 2. The van der Waals surface area contributed by atoms with Gasteiger partial charge in [-0.1, -0.05) is 30.3 Å². The zero-order valence-electron chi connectivity index (χ0n) is 22.0. The molecule has 0 radical (unpaired) electrons. The first kappa shape index (κ1) is 27.6. The van der Waals surface area contributed by atoms with E-state index in [0.29, 0.717) is 0 Å². The normalized spacial score (nSPS) is 24.9. The highest BCUT2D eigenvalue weighted by Gasteiger charge is 2.56. The summed E-state index contributed by atoms with van der Waals surface area (Å²) >= 11 is 0. The summed E-state index contributed by atoms with van der Waals surface area (Å²) in [7, 11) is 0. The van der Waals surface area contributed by atoms with E-state index in [-0.39, 0.29) is 13.0 Å². The van der Waals surface area contributed by atoms with E-state index >= 15 is 0 Å². The number of aromatic amines is 1. The van der Waals surface area contributed by atoms with Crippen LogP contribution in [0.15, 0.2) is 52.2 Å². The van der Waals surface area contributed by atoms with Gasteiger partial charge >= 0.3 is 17.8 Å². The van der Waals surface area contributed by atoms with Gasteiger partial charge < -0.3 is 29.0 Å². The third-order valence-electron chi connectivity index (χ3n) is 5.90.